The minimum atomic E-state index is -4.37. The van der Waals surface area contributed by atoms with Gasteiger partial charge in [0.1, 0.15) is 35.4 Å². The van der Waals surface area contributed by atoms with Crippen LogP contribution < -0.4 is 4.74 Å². The van der Waals surface area contributed by atoms with Crippen molar-refractivity contribution in [3.05, 3.63) is 63.3 Å². The summed E-state index contributed by atoms with van der Waals surface area (Å²) in [4.78, 5) is 16.5. The Balaban J connectivity index is 1.75. The molecule has 2 atom stereocenters. The number of ether oxygens (including phenoxy) is 1. The Labute approximate surface area is 208 Å². The molecule has 1 aliphatic rings. The average Bonchev–Trinajstić information content (AvgIpc) is 3.16. The number of carboxylic acid groups (broad SMARTS) is 1. The maximum atomic E-state index is 13.6. The van der Waals surface area contributed by atoms with Gasteiger partial charge in [0, 0.05) is 34.5 Å². The molecule has 0 bridgehead atoms. The van der Waals surface area contributed by atoms with Crippen LogP contribution in [0.15, 0.2) is 41.3 Å². The number of nitrogens with zero attached hydrogens (tertiary/aromatic N) is 2. The zero-order chi connectivity index (χ0) is 24.8. The van der Waals surface area contributed by atoms with E-state index >= 15 is 0 Å². The highest BCUT2D eigenvalue weighted by Gasteiger charge is 2.58. The van der Waals surface area contributed by atoms with E-state index in [2.05, 4.69) is 4.98 Å². The number of rotatable bonds is 5. The van der Waals surface area contributed by atoms with Crippen molar-refractivity contribution >= 4 is 50.2 Å². The number of benzene rings is 2. The Morgan fingerprint density at radius 1 is 1.24 bits per heavy atom. The van der Waals surface area contributed by atoms with E-state index < -0.39 is 26.0 Å². The molecule has 34 heavy (non-hydrogen) atoms. The second kappa shape index (κ2) is 9.00. The molecule has 180 valence electrons. The number of hydrogen-bond donors (Lipinski definition) is 1. The molecule has 3 aromatic rings. The molecule has 4 rings (SSSR count). The van der Waals surface area contributed by atoms with Crippen molar-refractivity contribution in [2.24, 2.45) is 0 Å². The van der Waals surface area contributed by atoms with Crippen LogP contribution in [0.4, 0.5) is 4.79 Å². The second-order valence-corrected chi connectivity index (χ2v) is 11.5. The molecule has 1 fully saturated rings. The number of aryl methyl sites for hydroxylation is 2. The van der Waals surface area contributed by atoms with Crippen LogP contribution in [0.5, 0.6) is 5.75 Å². The van der Waals surface area contributed by atoms with Gasteiger partial charge in [-0.15, -0.1) is 3.89 Å². The lowest BCUT2D eigenvalue weighted by Gasteiger charge is -2.31. The quantitative estimate of drug-likeness (QED) is 0.405. The summed E-state index contributed by atoms with van der Waals surface area (Å²) in [7, 11) is -4.37. The van der Waals surface area contributed by atoms with Crippen LogP contribution in [0.3, 0.4) is 0 Å². The van der Waals surface area contributed by atoms with E-state index in [4.69, 9.17) is 27.9 Å². The summed E-state index contributed by atoms with van der Waals surface area (Å²) in [5, 5.41) is 11.0. The van der Waals surface area contributed by atoms with Gasteiger partial charge in [0.05, 0.1) is 5.02 Å². The molecular formula is C24H25Cl2N2O5S+. The Kier molecular flexibility index (Phi) is 6.54. The first-order chi connectivity index (χ1) is 16.0. The van der Waals surface area contributed by atoms with Crippen LogP contribution in [-0.4, -0.2) is 41.1 Å². The summed E-state index contributed by atoms with van der Waals surface area (Å²) < 4.78 is 32.2. The van der Waals surface area contributed by atoms with Crippen molar-refractivity contribution < 1.29 is 26.9 Å². The lowest BCUT2D eigenvalue weighted by molar-refractivity contribution is -0.741. The van der Waals surface area contributed by atoms with Gasteiger partial charge in [-0.1, -0.05) is 35.3 Å². The lowest BCUT2D eigenvalue weighted by Crippen LogP contribution is -2.58. The molecule has 0 saturated carbocycles. The van der Waals surface area contributed by atoms with Crippen molar-refractivity contribution in [1.82, 2.24) is 4.98 Å². The van der Waals surface area contributed by atoms with Gasteiger partial charge in [0.2, 0.25) is 0 Å². The van der Waals surface area contributed by atoms with Gasteiger partial charge >= 0.3 is 16.1 Å². The van der Waals surface area contributed by atoms with Crippen LogP contribution in [0.1, 0.15) is 36.6 Å². The van der Waals surface area contributed by atoms with Crippen molar-refractivity contribution in [2.75, 3.05) is 6.54 Å². The van der Waals surface area contributed by atoms with Crippen molar-refractivity contribution in [2.45, 2.75) is 51.2 Å². The highest BCUT2D eigenvalue weighted by atomic mass is 35.5. The zero-order valence-corrected chi connectivity index (χ0v) is 21.3. The summed E-state index contributed by atoms with van der Waals surface area (Å²) in [6.07, 6.45) is -0.443. The van der Waals surface area contributed by atoms with Gasteiger partial charge in [-0.2, -0.15) is 13.2 Å². The summed E-state index contributed by atoms with van der Waals surface area (Å²) in [5.41, 5.74) is 2.84. The summed E-state index contributed by atoms with van der Waals surface area (Å²) in [6.45, 7) is 5.38. The molecule has 7 nitrogen and oxygen atoms in total. The molecule has 1 amide bonds. The summed E-state index contributed by atoms with van der Waals surface area (Å²) >= 11 is 12.9. The van der Waals surface area contributed by atoms with E-state index in [1.165, 1.54) is 12.1 Å². The number of carbonyl (C=O) groups is 1. The number of amides is 1. The first kappa shape index (κ1) is 24.7. The predicted octanol–water partition coefficient (Wildman–Crippen LogP) is 6.10. The van der Waals surface area contributed by atoms with Gasteiger partial charge < -0.3 is 9.84 Å². The first-order valence-electron chi connectivity index (χ1n) is 10.8. The number of pyridine rings is 1. The zero-order valence-electron chi connectivity index (χ0n) is 19.0. The number of para-hydroxylation sites is 1. The molecule has 1 aliphatic heterocycles. The Hall–Kier alpha value is -2.39. The smallest absolute Gasteiger partial charge is 0.487 e. The Morgan fingerprint density at radius 2 is 1.97 bits per heavy atom. The highest BCUT2D eigenvalue weighted by molar-refractivity contribution is 7.86. The summed E-state index contributed by atoms with van der Waals surface area (Å²) in [6, 6.07) is 9.62. The van der Waals surface area contributed by atoms with E-state index in [9.17, 15) is 18.3 Å². The maximum absolute atomic E-state index is 13.6. The number of likely N-dealkylation sites (tertiary alicyclic amines) is 1. The van der Waals surface area contributed by atoms with Crippen molar-refractivity contribution in [3.63, 3.8) is 0 Å². The van der Waals surface area contributed by atoms with Gasteiger partial charge in [0.15, 0.2) is 0 Å². The van der Waals surface area contributed by atoms with Gasteiger partial charge in [-0.3, -0.25) is 0 Å². The molecule has 0 radical (unpaired) electrons. The molecule has 1 saturated heterocycles. The van der Waals surface area contributed by atoms with Gasteiger partial charge in [-0.25, -0.2) is 4.98 Å². The summed E-state index contributed by atoms with van der Waals surface area (Å²) in [5.74, 6) is 0.506. The third-order valence-electron chi connectivity index (χ3n) is 6.51. The third-order valence-corrected chi connectivity index (χ3v) is 9.87. The monoisotopic (exact) mass is 523 g/mol. The van der Waals surface area contributed by atoms with Crippen molar-refractivity contribution in [1.29, 1.82) is 0 Å². The average molecular weight is 524 g/mol. The fourth-order valence-corrected chi connectivity index (χ4v) is 7.57. The SMILES string of the molecule is Cc1cc(C)c2cccc(OCc3c(Cl)ccc(S(=O)(=O)[N+]4(C(=O)O)CCC[C@H]4C)c3Cl)c2n1. The van der Waals surface area contributed by atoms with Crippen LogP contribution >= 0.6 is 23.2 Å². The number of sulfonamides is 1. The first-order valence-corrected chi connectivity index (χ1v) is 13.0. The fraction of sp³-hybridized carbons (Fsp3) is 0.333. The number of aromatic nitrogens is 1. The molecule has 2 heterocycles. The van der Waals surface area contributed by atoms with Gasteiger partial charge in [-0.05, 0) is 50.6 Å². The maximum Gasteiger partial charge on any atom is 0.529 e. The molecule has 1 aromatic heterocycles. The minimum absolute atomic E-state index is 0.0238. The molecular weight excluding hydrogens is 499 g/mol. The fourth-order valence-electron chi connectivity index (χ4n) is 4.70. The molecule has 1 unspecified atom stereocenters. The number of quaternary nitrogens is 1. The molecule has 1 N–H and O–H groups in total. The predicted molar refractivity (Wildman–Crippen MR) is 131 cm³/mol. The molecule has 0 aliphatic carbocycles. The Bertz CT molecular complexity index is 1410. The lowest BCUT2D eigenvalue weighted by atomic mass is 10.1. The van der Waals surface area contributed by atoms with Gasteiger partial charge in [0.25, 0.3) is 0 Å². The molecule has 10 heteroatoms. The van der Waals surface area contributed by atoms with E-state index in [0.29, 0.717) is 24.1 Å². The standard InChI is InChI=1S/C24H24Cl2N2O5S/c1-14-12-15(2)27-23-17(14)7-4-8-20(23)33-13-18-19(25)9-10-21(22(18)26)34(31,32)28(24(29)30)11-5-6-16(28)3/h4,7-10,12,16H,5-6,11,13H2,1-3H3/p+1/t16-,28?/m1/s1. The highest BCUT2D eigenvalue weighted by Crippen LogP contribution is 2.41. The van der Waals surface area contributed by atoms with E-state index in [-0.39, 0.29) is 33.7 Å². The minimum Gasteiger partial charge on any atom is -0.487 e. The van der Waals surface area contributed by atoms with Crippen LogP contribution in [-0.2, 0) is 16.6 Å². The molecule has 0 spiro atoms. The third kappa shape index (κ3) is 3.82. The number of halogens is 2. The van der Waals surface area contributed by atoms with Crippen LogP contribution in [0, 0.1) is 13.8 Å². The largest absolute Gasteiger partial charge is 0.529 e. The topological polar surface area (TPSA) is 93.6 Å². The van der Waals surface area contributed by atoms with E-state index in [1.54, 1.807) is 13.0 Å². The number of fused-ring (bicyclic) bond motifs is 1. The van der Waals surface area contributed by atoms with Crippen molar-refractivity contribution in [3.8, 4) is 5.75 Å². The van der Waals surface area contributed by atoms with E-state index in [0.717, 1.165) is 16.6 Å². The second-order valence-electron chi connectivity index (χ2n) is 8.63. The normalized spacial score (nSPS) is 20.6. The number of hydrogen-bond acceptors (Lipinski definition) is 5. The van der Waals surface area contributed by atoms with Crippen LogP contribution in [0.25, 0.3) is 10.9 Å². The Morgan fingerprint density at radius 3 is 2.62 bits per heavy atom. The van der Waals surface area contributed by atoms with E-state index in [1.807, 2.05) is 32.0 Å². The van der Waals surface area contributed by atoms with Crippen LogP contribution in [0.2, 0.25) is 10.0 Å². The molecule has 2 aromatic carbocycles.